The Bertz CT molecular complexity index is 583. The van der Waals surface area contributed by atoms with E-state index < -0.39 is 0 Å². The maximum atomic E-state index is 12.9. The van der Waals surface area contributed by atoms with Crippen molar-refractivity contribution in [2.75, 3.05) is 19.6 Å². The molecule has 2 fully saturated rings. The summed E-state index contributed by atoms with van der Waals surface area (Å²) in [4.78, 5) is 15.1. The average Bonchev–Trinajstić information content (AvgIpc) is 3.05. The van der Waals surface area contributed by atoms with Gasteiger partial charge in [-0.05, 0) is 25.7 Å². The molecule has 0 unspecified atom stereocenters. The Labute approximate surface area is 150 Å². The van der Waals surface area contributed by atoms with E-state index in [-0.39, 0.29) is 5.92 Å². The number of hydrogen-bond donors (Lipinski definition) is 1. The molecule has 1 aromatic rings. The molecule has 0 radical (unpaired) electrons. The largest absolute Gasteiger partial charge is 0.342 e. The zero-order valence-electron chi connectivity index (χ0n) is 15.3. The number of likely N-dealkylation sites (tertiary alicyclic amines) is 1. The van der Waals surface area contributed by atoms with E-state index in [1.165, 1.54) is 32.1 Å². The maximum absolute atomic E-state index is 12.9. The second-order valence-electron chi connectivity index (χ2n) is 7.94. The first-order chi connectivity index (χ1) is 12.3. The van der Waals surface area contributed by atoms with Gasteiger partial charge in [0.15, 0.2) is 0 Å². The topological polar surface area (TPSA) is 63.1 Å². The molecule has 3 aliphatic rings. The predicted molar refractivity (Wildman–Crippen MR) is 96.1 cm³/mol. The van der Waals surface area contributed by atoms with Crippen molar-refractivity contribution in [1.29, 1.82) is 0 Å². The number of piperidine rings is 1. The number of aromatic nitrogens is 3. The highest BCUT2D eigenvalue weighted by Gasteiger charge is 2.31. The van der Waals surface area contributed by atoms with Crippen LogP contribution in [0.25, 0.3) is 0 Å². The van der Waals surface area contributed by atoms with Gasteiger partial charge >= 0.3 is 0 Å². The van der Waals surface area contributed by atoms with Crippen molar-refractivity contribution in [3.8, 4) is 0 Å². The van der Waals surface area contributed by atoms with Gasteiger partial charge in [0.1, 0.15) is 11.6 Å². The predicted octanol–water partition coefficient (Wildman–Crippen LogP) is 2.45. The number of carbonyl (C=O) groups excluding carboxylic acids is 1. The Kier molecular flexibility index (Phi) is 5.34. The molecule has 1 aromatic heterocycles. The van der Waals surface area contributed by atoms with E-state index in [0.717, 1.165) is 70.1 Å². The van der Waals surface area contributed by atoms with Gasteiger partial charge in [-0.25, -0.2) is 0 Å². The van der Waals surface area contributed by atoms with Crippen LogP contribution in [0.5, 0.6) is 0 Å². The minimum absolute atomic E-state index is 0.281. The molecule has 2 aliphatic heterocycles. The van der Waals surface area contributed by atoms with Crippen LogP contribution in [-0.4, -0.2) is 45.2 Å². The molecule has 0 bridgehead atoms. The van der Waals surface area contributed by atoms with Crippen LogP contribution in [0.15, 0.2) is 0 Å². The first-order valence-electron chi connectivity index (χ1n) is 10.2. The number of amides is 1. The van der Waals surface area contributed by atoms with E-state index >= 15 is 0 Å². The van der Waals surface area contributed by atoms with Crippen molar-refractivity contribution in [3.05, 3.63) is 11.6 Å². The van der Waals surface area contributed by atoms with Crippen molar-refractivity contribution in [3.63, 3.8) is 0 Å². The van der Waals surface area contributed by atoms with Crippen molar-refractivity contribution in [1.82, 2.24) is 25.0 Å². The summed E-state index contributed by atoms with van der Waals surface area (Å²) in [5.74, 6) is 3.38. The average molecular weight is 345 g/mol. The second-order valence-corrected chi connectivity index (χ2v) is 7.94. The summed E-state index contributed by atoms with van der Waals surface area (Å²) < 4.78 is 2.30. The highest BCUT2D eigenvalue weighted by atomic mass is 16.2. The van der Waals surface area contributed by atoms with Crippen LogP contribution < -0.4 is 5.32 Å². The lowest BCUT2D eigenvalue weighted by molar-refractivity contribution is -0.137. The first kappa shape index (κ1) is 17.0. The van der Waals surface area contributed by atoms with Crippen LogP contribution in [0.2, 0.25) is 0 Å². The molecular weight excluding hydrogens is 314 g/mol. The van der Waals surface area contributed by atoms with Gasteiger partial charge in [0, 0.05) is 38.0 Å². The summed E-state index contributed by atoms with van der Waals surface area (Å²) in [5, 5.41) is 12.2. The highest BCUT2D eigenvalue weighted by Crippen LogP contribution is 2.30. The van der Waals surface area contributed by atoms with Gasteiger partial charge in [0.25, 0.3) is 0 Å². The standard InChI is InChI=1S/C19H31N5O/c25-19(16-6-4-2-1-3-5-7-16)23-11-8-15(9-12-23)18-22-21-17-14-20-10-13-24(17)18/h15-16,20H,1-14H2. The fourth-order valence-corrected chi connectivity index (χ4v) is 4.74. The van der Waals surface area contributed by atoms with Crippen molar-refractivity contribution in [2.24, 2.45) is 5.92 Å². The monoisotopic (exact) mass is 345 g/mol. The Hall–Kier alpha value is -1.43. The van der Waals surface area contributed by atoms with Gasteiger partial charge < -0.3 is 14.8 Å². The van der Waals surface area contributed by atoms with Gasteiger partial charge in [-0.1, -0.05) is 32.1 Å². The van der Waals surface area contributed by atoms with Crippen LogP contribution in [0.3, 0.4) is 0 Å². The number of fused-ring (bicyclic) bond motifs is 1. The molecule has 3 heterocycles. The lowest BCUT2D eigenvalue weighted by atomic mass is 9.88. The fourth-order valence-electron chi connectivity index (χ4n) is 4.74. The molecule has 6 heteroatoms. The van der Waals surface area contributed by atoms with E-state index in [0.29, 0.717) is 11.8 Å². The molecule has 0 atom stereocenters. The molecule has 1 saturated heterocycles. The quantitative estimate of drug-likeness (QED) is 0.894. The molecule has 0 aromatic carbocycles. The van der Waals surface area contributed by atoms with Gasteiger partial charge in [0.05, 0.1) is 6.54 Å². The van der Waals surface area contributed by atoms with Crippen molar-refractivity contribution < 1.29 is 4.79 Å². The van der Waals surface area contributed by atoms with Crippen LogP contribution >= 0.6 is 0 Å². The van der Waals surface area contributed by atoms with Crippen LogP contribution in [0.1, 0.15) is 75.4 Å². The van der Waals surface area contributed by atoms with Gasteiger partial charge in [-0.3, -0.25) is 4.79 Å². The van der Waals surface area contributed by atoms with E-state index in [2.05, 4.69) is 25.0 Å². The molecule has 25 heavy (non-hydrogen) atoms. The SMILES string of the molecule is O=C(C1CCCCCCC1)N1CCC(c2nnc3n2CCNC3)CC1. The lowest BCUT2D eigenvalue weighted by Crippen LogP contribution is -2.42. The summed E-state index contributed by atoms with van der Waals surface area (Å²) in [5.41, 5.74) is 0. The zero-order valence-corrected chi connectivity index (χ0v) is 15.3. The van der Waals surface area contributed by atoms with E-state index in [9.17, 15) is 4.79 Å². The van der Waals surface area contributed by atoms with E-state index in [1.807, 2.05) is 0 Å². The number of rotatable bonds is 2. The Balaban J connectivity index is 1.34. The second kappa shape index (κ2) is 7.85. The third-order valence-electron chi connectivity index (χ3n) is 6.28. The Morgan fingerprint density at radius 3 is 2.40 bits per heavy atom. The Morgan fingerprint density at radius 2 is 1.64 bits per heavy atom. The number of carbonyl (C=O) groups is 1. The minimum Gasteiger partial charge on any atom is -0.342 e. The van der Waals surface area contributed by atoms with Gasteiger partial charge in [0.2, 0.25) is 5.91 Å². The highest BCUT2D eigenvalue weighted by molar-refractivity contribution is 5.79. The fraction of sp³-hybridized carbons (Fsp3) is 0.842. The number of nitrogens with zero attached hydrogens (tertiary/aromatic N) is 4. The van der Waals surface area contributed by atoms with E-state index in [1.54, 1.807) is 0 Å². The molecule has 138 valence electrons. The zero-order chi connectivity index (χ0) is 17.1. The summed E-state index contributed by atoms with van der Waals surface area (Å²) in [7, 11) is 0. The molecule has 4 rings (SSSR count). The van der Waals surface area contributed by atoms with Crippen molar-refractivity contribution >= 4 is 5.91 Å². The molecule has 1 N–H and O–H groups in total. The van der Waals surface area contributed by atoms with Crippen LogP contribution in [0, 0.1) is 5.92 Å². The van der Waals surface area contributed by atoms with Crippen molar-refractivity contribution in [2.45, 2.75) is 76.8 Å². The normalized spacial score (nSPS) is 23.8. The van der Waals surface area contributed by atoms with Gasteiger partial charge in [-0.2, -0.15) is 0 Å². The summed E-state index contributed by atoms with van der Waals surface area (Å²) in [6.45, 7) is 4.57. The smallest absolute Gasteiger partial charge is 0.225 e. The Morgan fingerprint density at radius 1 is 0.920 bits per heavy atom. The molecular formula is C19H31N5O. The molecule has 6 nitrogen and oxygen atoms in total. The van der Waals surface area contributed by atoms with E-state index in [4.69, 9.17) is 0 Å². The molecule has 1 amide bonds. The number of nitrogens with one attached hydrogen (secondary N) is 1. The maximum Gasteiger partial charge on any atom is 0.225 e. The molecule has 1 aliphatic carbocycles. The first-order valence-corrected chi connectivity index (χ1v) is 10.2. The molecule has 1 saturated carbocycles. The summed E-state index contributed by atoms with van der Waals surface area (Å²) in [6.07, 6.45) is 10.7. The van der Waals surface area contributed by atoms with Gasteiger partial charge in [-0.15, -0.1) is 10.2 Å². The van der Waals surface area contributed by atoms with Crippen LogP contribution in [0.4, 0.5) is 0 Å². The lowest BCUT2D eigenvalue weighted by Gasteiger charge is -2.34. The summed E-state index contributed by atoms with van der Waals surface area (Å²) >= 11 is 0. The van der Waals surface area contributed by atoms with Crippen LogP contribution in [-0.2, 0) is 17.9 Å². The number of hydrogen-bond acceptors (Lipinski definition) is 4. The summed E-state index contributed by atoms with van der Waals surface area (Å²) in [6, 6.07) is 0. The third-order valence-corrected chi connectivity index (χ3v) is 6.28. The molecule has 0 spiro atoms. The minimum atomic E-state index is 0.281. The third kappa shape index (κ3) is 3.73.